The second-order valence-electron chi connectivity index (χ2n) is 6.25. The first-order valence-electron chi connectivity index (χ1n) is 9.06. The molecule has 0 unspecified atom stereocenters. The van der Waals surface area contributed by atoms with Gasteiger partial charge in [-0.1, -0.05) is 36.4 Å². The van der Waals surface area contributed by atoms with Crippen molar-refractivity contribution in [2.75, 3.05) is 14.2 Å². The van der Waals surface area contributed by atoms with E-state index in [0.29, 0.717) is 34.9 Å². The largest absolute Gasteiger partial charge is 0.493 e. The summed E-state index contributed by atoms with van der Waals surface area (Å²) in [4.78, 5) is 13.5. The maximum absolute atomic E-state index is 13.9. The van der Waals surface area contributed by atoms with Crippen LogP contribution in [0.15, 0.2) is 71.6 Å². The van der Waals surface area contributed by atoms with Crippen molar-refractivity contribution in [1.82, 2.24) is 5.32 Å². The maximum atomic E-state index is 13.9. The Balaban J connectivity index is 1.68. The molecule has 0 saturated heterocycles. The smallest absolute Gasteiger partial charge is 0.252 e. The molecule has 0 aliphatic heterocycles. The molecule has 0 bridgehead atoms. The Labute approximate surface area is 174 Å². The number of ether oxygens (including phenoxy) is 2. The molecule has 1 amide bonds. The van der Waals surface area contributed by atoms with Gasteiger partial charge in [-0.25, -0.2) is 4.39 Å². The minimum Gasteiger partial charge on any atom is -0.493 e. The summed E-state index contributed by atoms with van der Waals surface area (Å²) in [7, 11) is 3.15. The van der Waals surface area contributed by atoms with Crippen LogP contribution in [0.1, 0.15) is 21.5 Å². The molecule has 3 rings (SSSR count). The van der Waals surface area contributed by atoms with Crippen LogP contribution in [-0.4, -0.2) is 20.1 Å². The number of nitrogens with one attached hydrogen (secondary N) is 1. The lowest BCUT2D eigenvalue weighted by molar-refractivity contribution is 0.0948. The molecule has 0 aliphatic carbocycles. The molecule has 0 aliphatic rings. The number of carbonyl (C=O) groups excluding carboxylic acids is 1. The third-order valence-electron chi connectivity index (χ3n) is 4.37. The molecule has 3 aromatic rings. The Morgan fingerprint density at radius 1 is 0.966 bits per heavy atom. The molecule has 4 nitrogen and oxygen atoms in total. The zero-order chi connectivity index (χ0) is 20.6. The van der Waals surface area contributed by atoms with Gasteiger partial charge in [0.05, 0.1) is 19.8 Å². The lowest BCUT2D eigenvalue weighted by Crippen LogP contribution is -2.23. The average Bonchev–Trinajstić information content (AvgIpc) is 2.76. The second-order valence-corrected chi connectivity index (χ2v) is 7.27. The summed E-state index contributed by atoms with van der Waals surface area (Å²) >= 11 is 1.44. The molecule has 150 valence electrons. The predicted octanol–water partition coefficient (Wildman–Crippen LogP) is 5.07. The van der Waals surface area contributed by atoms with E-state index in [-0.39, 0.29) is 11.7 Å². The van der Waals surface area contributed by atoms with Gasteiger partial charge in [-0.3, -0.25) is 4.79 Å². The van der Waals surface area contributed by atoms with E-state index in [1.165, 1.54) is 17.8 Å². The van der Waals surface area contributed by atoms with Crippen LogP contribution in [0.2, 0.25) is 0 Å². The zero-order valence-electron chi connectivity index (χ0n) is 16.3. The lowest BCUT2D eigenvalue weighted by Gasteiger charge is -2.12. The lowest BCUT2D eigenvalue weighted by atomic mass is 10.1. The highest BCUT2D eigenvalue weighted by Gasteiger charge is 2.13. The molecule has 1 N–H and O–H groups in total. The van der Waals surface area contributed by atoms with Crippen molar-refractivity contribution in [3.8, 4) is 11.5 Å². The second kappa shape index (κ2) is 9.98. The summed E-state index contributed by atoms with van der Waals surface area (Å²) in [5.41, 5.74) is 2.07. The van der Waals surface area contributed by atoms with E-state index in [4.69, 9.17) is 9.47 Å². The van der Waals surface area contributed by atoms with Crippen molar-refractivity contribution in [1.29, 1.82) is 0 Å². The number of thioether (sulfide) groups is 1. The number of hydrogen-bond acceptors (Lipinski definition) is 4. The molecule has 6 heteroatoms. The first-order chi connectivity index (χ1) is 14.1. The summed E-state index contributed by atoms with van der Waals surface area (Å²) in [5.74, 6) is 1.27. The van der Waals surface area contributed by atoms with E-state index >= 15 is 0 Å². The van der Waals surface area contributed by atoms with Crippen LogP contribution < -0.4 is 14.8 Å². The number of carbonyl (C=O) groups is 1. The van der Waals surface area contributed by atoms with E-state index in [0.717, 1.165) is 10.5 Å². The molecule has 3 aromatic carbocycles. The molecule has 29 heavy (non-hydrogen) atoms. The third-order valence-corrected chi connectivity index (χ3v) is 5.50. The molecular weight excluding hydrogens is 389 g/mol. The number of rotatable bonds is 8. The van der Waals surface area contributed by atoms with Gasteiger partial charge >= 0.3 is 0 Å². The van der Waals surface area contributed by atoms with E-state index in [1.54, 1.807) is 44.6 Å². The predicted molar refractivity (Wildman–Crippen MR) is 113 cm³/mol. The van der Waals surface area contributed by atoms with E-state index < -0.39 is 0 Å². The first-order valence-corrected chi connectivity index (χ1v) is 10.0. The minimum atomic E-state index is -0.240. The van der Waals surface area contributed by atoms with Crippen LogP contribution >= 0.6 is 11.8 Å². The third kappa shape index (κ3) is 5.29. The highest BCUT2D eigenvalue weighted by molar-refractivity contribution is 7.98. The van der Waals surface area contributed by atoms with Gasteiger partial charge in [0.25, 0.3) is 5.91 Å². The fraction of sp³-hybridized carbons (Fsp3) is 0.174. The minimum absolute atomic E-state index is 0.184. The number of benzene rings is 3. The van der Waals surface area contributed by atoms with Gasteiger partial charge in [-0.05, 0) is 41.5 Å². The quantitative estimate of drug-likeness (QED) is 0.526. The number of halogens is 1. The molecule has 0 fully saturated rings. The highest BCUT2D eigenvalue weighted by atomic mass is 32.2. The Morgan fingerprint density at radius 3 is 2.45 bits per heavy atom. The molecule has 0 saturated carbocycles. The normalized spacial score (nSPS) is 10.4. The van der Waals surface area contributed by atoms with Crippen LogP contribution in [0.25, 0.3) is 0 Å². The SMILES string of the molecule is COc1ccc(CNC(=O)c2ccccc2SCc2ccccc2F)cc1OC. The Bertz CT molecular complexity index is 993. The fourth-order valence-electron chi connectivity index (χ4n) is 2.82. The van der Waals surface area contributed by atoms with Crippen LogP contribution in [0.4, 0.5) is 4.39 Å². The summed E-state index contributed by atoms with van der Waals surface area (Å²) in [6, 6.07) is 19.5. The van der Waals surface area contributed by atoms with Gasteiger partial charge in [-0.15, -0.1) is 11.8 Å². The van der Waals surface area contributed by atoms with Crippen molar-refractivity contribution in [3.05, 3.63) is 89.2 Å². The fourth-order valence-corrected chi connectivity index (χ4v) is 3.86. The van der Waals surface area contributed by atoms with Gasteiger partial charge in [0.1, 0.15) is 5.82 Å². The van der Waals surface area contributed by atoms with Crippen molar-refractivity contribution >= 4 is 17.7 Å². The van der Waals surface area contributed by atoms with Crippen LogP contribution in [0.5, 0.6) is 11.5 Å². The van der Waals surface area contributed by atoms with E-state index in [2.05, 4.69) is 5.32 Å². The molecule has 0 aromatic heterocycles. The summed E-state index contributed by atoms with van der Waals surface area (Å²) in [5, 5.41) is 2.93. The molecule has 0 radical (unpaired) electrons. The van der Waals surface area contributed by atoms with Crippen LogP contribution in [0, 0.1) is 5.82 Å². The Kier molecular flexibility index (Phi) is 7.14. The monoisotopic (exact) mass is 411 g/mol. The molecule has 0 spiro atoms. The van der Waals surface area contributed by atoms with Gasteiger partial charge < -0.3 is 14.8 Å². The average molecular weight is 411 g/mol. The van der Waals surface area contributed by atoms with Gasteiger partial charge in [-0.2, -0.15) is 0 Å². The first kappa shape index (κ1) is 20.7. The Hall–Kier alpha value is -2.99. The topological polar surface area (TPSA) is 47.6 Å². The molecular formula is C23H22FNO3S. The van der Waals surface area contributed by atoms with E-state index in [1.807, 2.05) is 30.3 Å². The number of amides is 1. The van der Waals surface area contributed by atoms with E-state index in [9.17, 15) is 9.18 Å². The van der Waals surface area contributed by atoms with Crippen molar-refractivity contribution in [2.24, 2.45) is 0 Å². The van der Waals surface area contributed by atoms with Crippen molar-refractivity contribution < 1.29 is 18.7 Å². The molecule has 0 heterocycles. The zero-order valence-corrected chi connectivity index (χ0v) is 17.1. The standard InChI is InChI=1S/C23H22FNO3S/c1-27-20-12-11-16(13-21(20)28-2)14-25-23(26)18-8-4-6-10-22(18)29-15-17-7-3-5-9-19(17)24/h3-13H,14-15H2,1-2H3,(H,25,26). The van der Waals surface area contributed by atoms with Gasteiger partial charge in [0, 0.05) is 17.2 Å². The molecule has 0 atom stereocenters. The Morgan fingerprint density at radius 2 is 1.69 bits per heavy atom. The number of methoxy groups -OCH3 is 2. The van der Waals surface area contributed by atoms with Gasteiger partial charge in [0.15, 0.2) is 11.5 Å². The van der Waals surface area contributed by atoms with Crippen LogP contribution in [-0.2, 0) is 12.3 Å². The summed E-state index contributed by atoms with van der Waals surface area (Å²) in [6.07, 6.45) is 0. The van der Waals surface area contributed by atoms with Crippen LogP contribution in [0.3, 0.4) is 0 Å². The van der Waals surface area contributed by atoms with Crippen molar-refractivity contribution in [3.63, 3.8) is 0 Å². The summed E-state index contributed by atoms with van der Waals surface area (Å²) in [6.45, 7) is 0.353. The maximum Gasteiger partial charge on any atom is 0.252 e. The highest BCUT2D eigenvalue weighted by Crippen LogP contribution is 2.29. The summed E-state index contributed by atoms with van der Waals surface area (Å²) < 4.78 is 24.4. The van der Waals surface area contributed by atoms with Crippen molar-refractivity contribution in [2.45, 2.75) is 17.2 Å². The number of hydrogen-bond donors (Lipinski definition) is 1. The van der Waals surface area contributed by atoms with Gasteiger partial charge in [0.2, 0.25) is 0 Å².